The van der Waals surface area contributed by atoms with Crippen molar-refractivity contribution in [2.45, 2.75) is 0 Å². The number of hydrogen-bond donors (Lipinski definition) is 1. The van der Waals surface area contributed by atoms with E-state index >= 15 is 0 Å². The number of Topliss-reactive ketones (excluding diaryl/α,β-unsaturated/α-hetero) is 1. The van der Waals surface area contributed by atoms with Crippen LogP contribution >= 0.6 is 0 Å². The molecule has 8 heteroatoms. The lowest BCUT2D eigenvalue weighted by Gasteiger charge is -2.14. The summed E-state index contributed by atoms with van der Waals surface area (Å²) in [5, 5.41) is 2.89. The molecule has 1 aromatic carbocycles. The molecular weight excluding hydrogens is 332 g/mol. The van der Waals surface area contributed by atoms with Gasteiger partial charge in [0, 0.05) is 25.2 Å². The molecular formula is C17H15F2N3O3. The van der Waals surface area contributed by atoms with Gasteiger partial charge in [-0.15, -0.1) is 0 Å². The number of likely N-dealkylation sites (N-methyl/N-ethyl adjacent to an activating group) is 1. The number of benzene rings is 1. The number of nitrogens with zero attached hydrogens (tertiary/aromatic N) is 2. The molecule has 0 amide bonds. The largest absolute Gasteiger partial charge is 0.432 e. The fourth-order valence-electron chi connectivity index (χ4n) is 2.35. The second kappa shape index (κ2) is 6.56. The summed E-state index contributed by atoms with van der Waals surface area (Å²) in [6, 6.07) is 2.85. The number of hydrogen-bond acceptors (Lipinski definition) is 6. The van der Waals surface area contributed by atoms with Gasteiger partial charge >= 0.3 is 0 Å². The number of rotatable bonds is 5. The van der Waals surface area contributed by atoms with Gasteiger partial charge in [-0.1, -0.05) is 0 Å². The van der Waals surface area contributed by atoms with Crippen LogP contribution in [0.5, 0.6) is 0 Å². The number of aromatic nitrogens is 1. The van der Waals surface area contributed by atoms with Crippen LogP contribution in [0.1, 0.15) is 21.0 Å². The SMILES string of the molecule is CN(C)CCNC1=CC(=O)c2oc(-c3ccc(F)cc3F)nc2C1=O. The second-order valence-corrected chi connectivity index (χ2v) is 5.80. The number of ketones is 2. The monoisotopic (exact) mass is 347 g/mol. The molecule has 0 spiro atoms. The molecule has 2 aromatic rings. The Labute approximate surface area is 142 Å². The number of halogens is 2. The molecule has 1 aliphatic carbocycles. The van der Waals surface area contributed by atoms with Gasteiger partial charge < -0.3 is 14.6 Å². The molecule has 1 aliphatic rings. The molecule has 0 atom stereocenters. The smallest absolute Gasteiger partial charge is 0.231 e. The first-order valence-corrected chi connectivity index (χ1v) is 7.52. The number of nitrogens with one attached hydrogen (secondary N) is 1. The van der Waals surface area contributed by atoms with Crippen LogP contribution < -0.4 is 5.32 Å². The summed E-state index contributed by atoms with van der Waals surface area (Å²) in [5.41, 5.74) is -0.198. The highest BCUT2D eigenvalue weighted by Gasteiger charge is 2.32. The van der Waals surface area contributed by atoms with Crippen molar-refractivity contribution in [3.8, 4) is 11.5 Å². The van der Waals surface area contributed by atoms with Crippen LogP contribution in [-0.4, -0.2) is 48.6 Å². The van der Waals surface area contributed by atoms with Gasteiger partial charge in [0.1, 0.15) is 11.6 Å². The molecule has 0 saturated heterocycles. The average molecular weight is 347 g/mol. The van der Waals surface area contributed by atoms with Gasteiger partial charge in [-0.3, -0.25) is 9.59 Å². The van der Waals surface area contributed by atoms with Crippen LogP contribution in [0.4, 0.5) is 8.78 Å². The maximum absolute atomic E-state index is 13.9. The van der Waals surface area contributed by atoms with Crippen molar-refractivity contribution in [2.24, 2.45) is 0 Å². The van der Waals surface area contributed by atoms with E-state index in [4.69, 9.17) is 4.42 Å². The Balaban J connectivity index is 1.89. The molecule has 1 N–H and O–H groups in total. The van der Waals surface area contributed by atoms with Gasteiger partial charge in [-0.2, -0.15) is 0 Å². The second-order valence-electron chi connectivity index (χ2n) is 5.80. The number of allylic oxidation sites excluding steroid dienone is 2. The summed E-state index contributed by atoms with van der Waals surface area (Å²) < 4.78 is 32.2. The summed E-state index contributed by atoms with van der Waals surface area (Å²) in [6.45, 7) is 1.13. The molecule has 0 bridgehead atoms. The van der Waals surface area contributed by atoms with Gasteiger partial charge in [0.05, 0.1) is 11.3 Å². The highest BCUT2D eigenvalue weighted by molar-refractivity contribution is 6.22. The van der Waals surface area contributed by atoms with Gasteiger partial charge in [-0.05, 0) is 26.2 Å². The van der Waals surface area contributed by atoms with Crippen LogP contribution in [0.25, 0.3) is 11.5 Å². The van der Waals surface area contributed by atoms with Crippen LogP contribution in [-0.2, 0) is 0 Å². The minimum absolute atomic E-state index is 0.110. The molecule has 0 unspecified atom stereocenters. The van der Waals surface area contributed by atoms with Crippen LogP contribution in [0.2, 0.25) is 0 Å². The Bertz CT molecular complexity index is 887. The fourth-order valence-corrected chi connectivity index (χ4v) is 2.35. The van der Waals surface area contributed by atoms with Crippen molar-refractivity contribution in [3.63, 3.8) is 0 Å². The minimum atomic E-state index is -0.893. The third-order valence-electron chi connectivity index (χ3n) is 3.62. The lowest BCUT2D eigenvalue weighted by molar-refractivity contribution is 0.0960. The van der Waals surface area contributed by atoms with E-state index in [0.29, 0.717) is 19.2 Å². The van der Waals surface area contributed by atoms with E-state index < -0.39 is 23.2 Å². The normalized spacial score (nSPS) is 13.9. The standard InChI is InChI=1S/C17H15F2N3O3/c1-22(2)6-5-20-12-8-13(23)16-14(15(12)24)21-17(25-16)10-4-3-9(18)7-11(10)19/h3-4,7-8,20H,5-6H2,1-2H3. The Kier molecular flexibility index (Phi) is 4.45. The van der Waals surface area contributed by atoms with Crippen molar-refractivity contribution in [2.75, 3.05) is 27.2 Å². The molecule has 25 heavy (non-hydrogen) atoms. The predicted molar refractivity (Wildman–Crippen MR) is 85.2 cm³/mol. The quantitative estimate of drug-likeness (QED) is 0.892. The van der Waals surface area contributed by atoms with E-state index in [0.717, 1.165) is 18.2 Å². The van der Waals surface area contributed by atoms with E-state index in [1.807, 2.05) is 19.0 Å². The van der Waals surface area contributed by atoms with Gasteiger partial charge in [-0.25, -0.2) is 13.8 Å². The third kappa shape index (κ3) is 3.34. The zero-order valence-corrected chi connectivity index (χ0v) is 13.6. The molecule has 6 nitrogen and oxygen atoms in total. The minimum Gasteiger partial charge on any atom is -0.432 e. The van der Waals surface area contributed by atoms with Crippen molar-refractivity contribution in [1.82, 2.24) is 15.2 Å². The number of oxazole rings is 1. The van der Waals surface area contributed by atoms with E-state index in [2.05, 4.69) is 10.3 Å². The topological polar surface area (TPSA) is 75.4 Å². The summed E-state index contributed by atoms with van der Waals surface area (Å²) in [7, 11) is 3.76. The van der Waals surface area contributed by atoms with E-state index in [9.17, 15) is 18.4 Å². The Morgan fingerprint density at radius 1 is 1.24 bits per heavy atom. The maximum Gasteiger partial charge on any atom is 0.231 e. The lowest BCUT2D eigenvalue weighted by Crippen LogP contribution is -2.31. The first-order chi connectivity index (χ1) is 11.9. The highest BCUT2D eigenvalue weighted by atomic mass is 19.1. The fraction of sp³-hybridized carbons (Fsp3) is 0.235. The van der Waals surface area contributed by atoms with Crippen LogP contribution in [0, 0.1) is 11.6 Å². The zero-order valence-electron chi connectivity index (χ0n) is 13.6. The molecule has 1 aromatic heterocycles. The highest BCUT2D eigenvalue weighted by Crippen LogP contribution is 2.28. The summed E-state index contributed by atoms with van der Waals surface area (Å²) >= 11 is 0. The number of carbonyl (C=O) groups excluding carboxylic acids is 2. The average Bonchev–Trinajstić information content (AvgIpc) is 2.97. The summed E-state index contributed by atoms with van der Waals surface area (Å²) in [6.07, 6.45) is 1.14. The summed E-state index contributed by atoms with van der Waals surface area (Å²) in [5.74, 6) is -3.18. The molecule has 1 heterocycles. The zero-order chi connectivity index (χ0) is 18.1. The Morgan fingerprint density at radius 2 is 2.00 bits per heavy atom. The predicted octanol–water partition coefficient (Wildman–Crippen LogP) is 2.03. The maximum atomic E-state index is 13.9. The van der Waals surface area contributed by atoms with E-state index in [-0.39, 0.29) is 28.6 Å². The van der Waals surface area contributed by atoms with Crippen molar-refractivity contribution in [1.29, 1.82) is 0 Å². The molecule has 3 rings (SSSR count). The number of fused-ring (bicyclic) bond motifs is 1. The third-order valence-corrected chi connectivity index (χ3v) is 3.62. The molecule has 130 valence electrons. The van der Waals surface area contributed by atoms with Gasteiger partial charge in [0.2, 0.25) is 23.2 Å². The van der Waals surface area contributed by atoms with Crippen molar-refractivity contribution >= 4 is 11.6 Å². The Morgan fingerprint density at radius 3 is 2.68 bits per heavy atom. The van der Waals surface area contributed by atoms with Gasteiger partial charge in [0.25, 0.3) is 0 Å². The molecule has 0 fully saturated rings. The first kappa shape index (κ1) is 17.0. The van der Waals surface area contributed by atoms with E-state index in [1.165, 1.54) is 0 Å². The lowest BCUT2D eigenvalue weighted by atomic mass is 10.0. The van der Waals surface area contributed by atoms with Crippen molar-refractivity contribution < 1.29 is 22.8 Å². The number of carbonyl (C=O) groups is 2. The van der Waals surface area contributed by atoms with Crippen molar-refractivity contribution in [3.05, 3.63) is 53.1 Å². The molecule has 0 aliphatic heterocycles. The van der Waals surface area contributed by atoms with E-state index in [1.54, 1.807) is 0 Å². The first-order valence-electron chi connectivity index (χ1n) is 7.52. The van der Waals surface area contributed by atoms with Crippen LogP contribution in [0.15, 0.2) is 34.4 Å². The van der Waals surface area contributed by atoms with Gasteiger partial charge in [0.15, 0.2) is 5.69 Å². The van der Waals surface area contributed by atoms with Crippen LogP contribution in [0.3, 0.4) is 0 Å². The Hall–Kier alpha value is -2.87. The molecule has 0 radical (unpaired) electrons. The summed E-state index contributed by atoms with van der Waals surface area (Å²) in [4.78, 5) is 30.5. The molecule has 0 saturated carbocycles.